The van der Waals surface area contributed by atoms with Gasteiger partial charge >= 0.3 is 12.4 Å². The fraction of sp³-hybridized carbons (Fsp3) is 0.188. The maximum absolute atomic E-state index is 13.5. The van der Waals surface area contributed by atoms with Crippen LogP contribution in [0, 0.1) is 13.8 Å². The number of imide groups is 2. The molecule has 2 heterocycles. The van der Waals surface area contributed by atoms with Gasteiger partial charge in [0, 0.05) is 33.0 Å². The van der Waals surface area contributed by atoms with Gasteiger partial charge in [-0.1, -0.05) is 23.3 Å². The van der Waals surface area contributed by atoms with E-state index in [9.17, 15) is 45.5 Å². The number of hydrogen-bond acceptors (Lipinski definition) is 4. The van der Waals surface area contributed by atoms with E-state index in [0.29, 0.717) is 0 Å². The summed E-state index contributed by atoms with van der Waals surface area (Å²) in [6, 6.07) is 11.7. The number of alkyl halides is 6. The second-order valence-corrected chi connectivity index (χ2v) is 10.9. The Morgan fingerprint density at radius 1 is 0.500 bits per heavy atom. The van der Waals surface area contributed by atoms with Crippen molar-refractivity contribution in [1.82, 2.24) is 9.80 Å². The van der Waals surface area contributed by atoms with Crippen molar-refractivity contribution in [3.63, 3.8) is 0 Å². The van der Waals surface area contributed by atoms with Crippen LogP contribution in [0.25, 0.3) is 10.8 Å². The maximum atomic E-state index is 13.5. The van der Waals surface area contributed by atoms with Crippen molar-refractivity contribution in [2.75, 3.05) is 0 Å². The van der Waals surface area contributed by atoms with Crippen molar-refractivity contribution in [3.05, 3.63) is 116 Å². The molecule has 4 amide bonds. The van der Waals surface area contributed by atoms with E-state index < -0.39 is 60.2 Å². The summed E-state index contributed by atoms with van der Waals surface area (Å²) in [5, 5.41) is 0.116. The summed E-state index contributed by atoms with van der Waals surface area (Å²) < 4.78 is 80.3. The smallest absolute Gasteiger partial charge is 0.270 e. The second-order valence-electron chi connectivity index (χ2n) is 10.9. The first-order valence-corrected chi connectivity index (χ1v) is 13.2. The third-order valence-electron chi connectivity index (χ3n) is 7.67. The molecule has 0 aromatic heterocycles. The van der Waals surface area contributed by atoms with Gasteiger partial charge in [0.1, 0.15) is 0 Å². The number of benzene rings is 4. The minimum Gasteiger partial charge on any atom is -0.270 e. The van der Waals surface area contributed by atoms with Crippen LogP contribution in [0.4, 0.5) is 26.3 Å². The molecule has 0 N–H and O–H groups in total. The molecular weight excluding hydrogens is 590 g/mol. The number of carbonyl (C=O) groups excluding carboxylic acids is 4. The number of hydrogen-bond donors (Lipinski definition) is 0. The summed E-state index contributed by atoms with van der Waals surface area (Å²) in [4.78, 5) is 55.8. The van der Waals surface area contributed by atoms with Crippen molar-refractivity contribution in [2.45, 2.75) is 39.3 Å². The largest absolute Gasteiger partial charge is 0.416 e. The lowest BCUT2D eigenvalue weighted by atomic mass is 9.85. The van der Waals surface area contributed by atoms with Gasteiger partial charge in [0.15, 0.2) is 0 Å². The third kappa shape index (κ3) is 4.70. The van der Waals surface area contributed by atoms with Crippen LogP contribution >= 0.6 is 0 Å². The second kappa shape index (κ2) is 9.76. The van der Waals surface area contributed by atoms with E-state index in [2.05, 4.69) is 0 Å². The van der Waals surface area contributed by atoms with Gasteiger partial charge in [-0.3, -0.25) is 29.0 Å². The van der Waals surface area contributed by atoms with Crippen LogP contribution in [0.3, 0.4) is 0 Å². The minimum absolute atomic E-state index is 0.0218. The summed E-state index contributed by atoms with van der Waals surface area (Å²) in [5.41, 5.74) is -1.20. The zero-order valence-corrected chi connectivity index (χ0v) is 23.0. The molecular formula is C32H20F6N2O4. The van der Waals surface area contributed by atoms with E-state index in [4.69, 9.17) is 0 Å². The molecule has 12 heteroatoms. The first kappa shape index (κ1) is 29.1. The van der Waals surface area contributed by atoms with E-state index in [0.717, 1.165) is 34.1 Å². The molecule has 6 nitrogen and oxygen atoms in total. The number of amides is 4. The fourth-order valence-electron chi connectivity index (χ4n) is 5.86. The van der Waals surface area contributed by atoms with Crippen molar-refractivity contribution in [1.29, 1.82) is 0 Å². The van der Waals surface area contributed by atoms with Gasteiger partial charge in [-0.15, -0.1) is 0 Å². The van der Waals surface area contributed by atoms with E-state index >= 15 is 0 Å². The Hall–Kier alpha value is -5.00. The predicted molar refractivity (Wildman–Crippen MR) is 145 cm³/mol. The molecule has 4 aromatic carbocycles. The molecule has 0 saturated carbocycles. The number of carbonyl (C=O) groups is 4. The number of nitrogens with zero attached hydrogens (tertiary/aromatic N) is 2. The van der Waals surface area contributed by atoms with Crippen LogP contribution in [-0.4, -0.2) is 33.4 Å². The van der Waals surface area contributed by atoms with Crippen LogP contribution in [-0.2, 0) is 25.4 Å². The summed E-state index contributed by atoms with van der Waals surface area (Å²) in [6.07, 6.45) is -9.27. The Morgan fingerprint density at radius 3 is 1.07 bits per heavy atom. The molecule has 44 heavy (non-hydrogen) atoms. The average Bonchev–Trinajstić information content (AvgIpc) is 2.93. The van der Waals surface area contributed by atoms with Crippen LogP contribution < -0.4 is 0 Å². The molecule has 224 valence electrons. The molecule has 0 spiro atoms. The highest BCUT2D eigenvalue weighted by Crippen LogP contribution is 2.39. The van der Waals surface area contributed by atoms with Gasteiger partial charge < -0.3 is 0 Å². The van der Waals surface area contributed by atoms with Crippen LogP contribution in [0.15, 0.2) is 60.7 Å². The molecule has 0 aliphatic carbocycles. The Balaban J connectivity index is 1.38. The summed E-state index contributed by atoms with van der Waals surface area (Å²) >= 11 is 0. The van der Waals surface area contributed by atoms with Crippen molar-refractivity contribution in [3.8, 4) is 0 Å². The highest BCUT2D eigenvalue weighted by atomic mass is 19.4. The SMILES string of the molecule is Cc1cc(CN2C(=O)c3ccc4c5c(ccc(c35)C2=O)C(=O)N(Cc2cc(C)cc(C(F)(F)F)c2)C4=O)cc(C(F)(F)F)c1. The highest BCUT2D eigenvalue weighted by molar-refractivity contribution is 6.33. The quantitative estimate of drug-likeness (QED) is 0.183. The van der Waals surface area contributed by atoms with Gasteiger partial charge in [0.2, 0.25) is 0 Å². The van der Waals surface area contributed by atoms with Gasteiger partial charge in [0.05, 0.1) is 24.2 Å². The van der Waals surface area contributed by atoms with Crippen molar-refractivity contribution >= 4 is 34.4 Å². The van der Waals surface area contributed by atoms with Gasteiger partial charge in [0.25, 0.3) is 23.6 Å². The topological polar surface area (TPSA) is 74.8 Å². The first-order chi connectivity index (χ1) is 20.5. The zero-order valence-electron chi connectivity index (χ0n) is 23.0. The van der Waals surface area contributed by atoms with Gasteiger partial charge in [-0.2, -0.15) is 26.3 Å². The fourth-order valence-corrected chi connectivity index (χ4v) is 5.86. The number of rotatable bonds is 4. The van der Waals surface area contributed by atoms with E-state index in [1.54, 1.807) is 0 Å². The van der Waals surface area contributed by atoms with E-state index in [1.165, 1.54) is 50.2 Å². The van der Waals surface area contributed by atoms with E-state index in [-0.39, 0.29) is 55.3 Å². The van der Waals surface area contributed by atoms with Crippen molar-refractivity contribution in [2.24, 2.45) is 0 Å². The lowest BCUT2D eigenvalue weighted by Gasteiger charge is -2.32. The summed E-state index contributed by atoms with van der Waals surface area (Å²) in [7, 11) is 0. The molecule has 6 rings (SSSR count). The lowest BCUT2D eigenvalue weighted by Crippen LogP contribution is -2.42. The Morgan fingerprint density at radius 2 is 0.795 bits per heavy atom. The normalized spacial score (nSPS) is 15.1. The minimum atomic E-state index is -4.64. The van der Waals surface area contributed by atoms with Crippen LogP contribution in [0.5, 0.6) is 0 Å². The highest BCUT2D eigenvalue weighted by Gasteiger charge is 2.40. The molecule has 0 unspecified atom stereocenters. The molecule has 0 bridgehead atoms. The zero-order chi connectivity index (χ0) is 31.9. The molecule has 0 fully saturated rings. The third-order valence-corrected chi connectivity index (χ3v) is 7.67. The predicted octanol–water partition coefficient (Wildman–Crippen LogP) is 7.09. The first-order valence-electron chi connectivity index (χ1n) is 13.2. The Labute approximate surface area is 245 Å². The van der Waals surface area contributed by atoms with Crippen molar-refractivity contribution < 1.29 is 45.5 Å². The van der Waals surface area contributed by atoms with Crippen LogP contribution in [0.1, 0.15) is 74.8 Å². The monoisotopic (exact) mass is 610 g/mol. The Kier molecular flexibility index (Phi) is 6.45. The molecule has 0 atom stereocenters. The molecule has 0 radical (unpaired) electrons. The van der Waals surface area contributed by atoms with E-state index in [1.807, 2.05) is 0 Å². The maximum Gasteiger partial charge on any atom is 0.416 e. The van der Waals surface area contributed by atoms with Gasteiger partial charge in [-0.05, 0) is 73.5 Å². The molecule has 2 aliphatic heterocycles. The molecule has 4 aromatic rings. The summed E-state index contributed by atoms with van der Waals surface area (Å²) in [5.74, 6) is -3.27. The van der Waals surface area contributed by atoms with Crippen LogP contribution in [0.2, 0.25) is 0 Å². The molecule has 0 saturated heterocycles. The summed E-state index contributed by atoms with van der Waals surface area (Å²) in [6.45, 7) is 2.02. The number of aryl methyl sites for hydroxylation is 2. The lowest BCUT2D eigenvalue weighted by molar-refractivity contribution is -0.138. The van der Waals surface area contributed by atoms with Gasteiger partial charge in [-0.25, -0.2) is 0 Å². The standard InChI is InChI=1S/C32H20F6N2O4/c1-15-7-17(11-19(9-15)31(33,34)35)13-39-27(41)21-3-5-23-26-24(6-4-22(25(21)26)28(39)42)30(44)40(29(23)43)14-18-8-16(2)10-20(12-18)32(36,37)38/h3-12H,13-14H2,1-2H3. The number of halogens is 6. The average molecular weight is 611 g/mol. The molecule has 2 aliphatic rings. The Bertz CT molecular complexity index is 1750.